The molecule has 1 saturated heterocycles. The van der Waals surface area contributed by atoms with Crippen molar-refractivity contribution in [1.82, 2.24) is 0 Å². The van der Waals surface area contributed by atoms with Crippen LogP contribution in [0.2, 0.25) is 0 Å². The van der Waals surface area contributed by atoms with E-state index < -0.39 is 10.8 Å². The van der Waals surface area contributed by atoms with Crippen molar-refractivity contribution in [2.45, 2.75) is 25.8 Å². The smallest absolute Gasteiger partial charge is 0.118 e. The molecule has 0 unspecified atom stereocenters. The highest BCUT2D eigenvalue weighted by Gasteiger charge is 2.17. The van der Waals surface area contributed by atoms with Crippen LogP contribution in [0.25, 0.3) is 0 Å². The Hall–Kier alpha value is -1.03. The average Bonchev–Trinajstić information content (AvgIpc) is 2.27. The molecule has 0 saturated carbocycles. The molecule has 88 valence electrons. The highest BCUT2D eigenvalue weighted by Crippen LogP contribution is 2.22. The molecule has 1 heterocycles. The van der Waals surface area contributed by atoms with Gasteiger partial charge in [-0.15, -0.1) is 0 Å². The highest BCUT2D eigenvalue weighted by atomic mass is 32.2. The minimum atomic E-state index is -0.607. The van der Waals surface area contributed by atoms with Crippen molar-refractivity contribution >= 4 is 16.5 Å². The number of hydrogen-bond acceptors (Lipinski definition) is 3. The van der Waals surface area contributed by atoms with Gasteiger partial charge in [0.15, 0.2) is 0 Å². The predicted octanol–water partition coefficient (Wildman–Crippen LogP) is 2.02. The predicted molar refractivity (Wildman–Crippen MR) is 67.4 cm³/mol. The number of phenolic OH excluding ortho intramolecular Hbond substituents is 1. The van der Waals surface area contributed by atoms with Crippen molar-refractivity contribution < 1.29 is 9.32 Å². The Morgan fingerprint density at radius 2 is 2.06 bits per heavy atom. The van der Waals surface area contributed by atoms with Gasteiger partial charge < -0.3 is 10.4 Å². The van der Waals surface area contributed by atoms with Crippen molar-refractivity contribution in [3.8, 4) is 5.75 Å². The van der Waals surface area contributed by atoms with Crippen LogP contribution in [-0.4, -0.2) is 26.9 Å². The lowest BCUT2D eigenvalue weighted by atomic mass is 10.1. The summed E-state index contributed by atoms with van der Waals surface area (Å²) in [5.41, 5.74) is 1.91. The lowest BCUT2D eigenvalue weighted by molar-refractivity contribution is 0.471. The van der Waals surface area contributed by atoms with E-state index in [1.54, 1.807) is 6.07 Å². The van der Waals surface area contributed by atoms with Crippen molar-refractivity contribution in [2.24, 2.45) is 0 Å². The molecule has 1 aromatic carbocycles. The Morgan fingerprint density at radius 1 is 1.38 bits per heavy atom. The molecule has 0 amide bonds. The van der Waals surface area contributed by atoms with Crippen molar-refractivity contribution in [3.05, 3.63) is 23.8 Å². The Balaban J connectivity index is 1.98. The van der Waals surface area contributed by atoms with Crippen LogP contribution in [0, 0.1) is 6.92 Å². The van der Waals surface area contributed by atoms with Gasteiger partial charge in [0.2, 0.25) is 0 Å². The molecule has 16 heavy (non-hydrogen) atoms. The molecule has 0 bridgehead atoms. The van der Waals surface area contributed by atoms with E-state index in [9.17, 15) is 9.32 Å². The van der Waals surface area contributed by atoms with E-state index in [2.05, 4.69) is 5.32 Å². The summed E-state index contributed by atoms with van der Waals surface area (Å²) < 4.78 is 11.2. The lowest BCUT2D eigenvalue weighted by Crippen LogP contribution is -2.29. The van der Waals surface area contributed by atoms with E-state index in [-0.39, 0.29) is 0 Å². The molecule has 2 rings (SSSR count). The van der Waals surface area contributed by atoms with Gasteiger partial charge in [0.1, 0.15) is 5.75 Å². The first-order valence-electron chi connectivity index (χ1n) is 5.56. The van der Waals surface area contributed by atoms with Gasteiger partial charge in [-0.1, -0.05) is 0 Å². The van der Waals surface area contributed by atoms with Gasteiger partial charge >= 0.3 is 0 Å². The average molecular weight is 239 g/mol. The minimum Gasteiger partial charge on any atom is -0.508 e. The van der Waals surface area contributed by atoms with Crippen LogP contribution in [0.1, 0.15) is 18.4 Å². The normalized spacial score (nSPS) is 25.3. The molecule has 0 aromatic heterocycles. The topological polar surface area (TPSA) is 49.3 Å². The second kappa shape index (κ2) is 4.87. The number of nitrogens with one attached hydrogen (secondary N) is 1. The molecule has 4 heteroatoms. The third-order valence-corrected chi connectivity index (χ3v) is 4.34. The molecular weight excluding hydrogens is 222 g/mol. The number of phenols is 1. The Kier molecular flexibility index (Phi) is 3.49. The van der Waals surface area contributed by atoms with Gasteiger partial charge in [0.25, 0.3) is 0 Å². The molecule has 0 spiro atoms. The van der Waals surface area contributed by atoms with Crippen LogP contribution in [0.15, 0.2) is 18.2 Å². The standard InChI is InChI=1S/C12H17NO2S/c1-9-8-11(2-3-12(9)14)13-10-4-6-16(15)7-5-10/h2-3,8,10,13-14H,4-7H2,1H3. The van der Waals surface area contributed by atoms with E-state index in [0.717, 1.165) is 35.6 Å². The zero-order valence-electron chi connectivity index (χ0n) is 9.40. The maximum absolute atomic E-state index is 11.2. The molecule has 1 aliphatic heterocycles. The molecule has 1 fully saturated rings. The first kappa shape index (κ1) is 11.5. The molecule has 3 nitrogen and oxygen atoms in total. The Bertz CT molecular complexity index is 396. The fourth-order valence-electron chi connectivity index (χ4n) is 1.92. The highest BCUT2D eigenvalue weighted by molar-refractivity contribution is 7.85. The summed E-state index contributed by atoms with van der Waals surface area (Å²) in [6.45, 7) is 1.89. The van der Waals surface area contributed by atoms with Gasteiger partial charge in [-0.2, -0.15) is 0 Å². The van der Waals surface area contributed by atoms with Crippen molar-refractivity contribution in [3.63, 3.8) is 0 Å². The summed E-state index contributed by atoms with van der Waals surface area (Å²) in [6.07, 6.45) is 1.93. The molecular formula is C12H17NO2S. The fourth-order valence-corrected chi connectivity index (χ4v) is 3.22. The van der Waals surface area contributed by atoms with E-state index in [4.69, 9.17) is 0 Å². The Morgan fingerprint density at radius 3 is 2.69 bits per heavy atom. The fraction of sp³-hybridized carbons (Fsp3) is 0.500. The number of hydrogen-bond donors (Lipinski definition) is 2. The maximum atomic E-state index is 11.2. The zero-order valence-corrected chi connectivity index (χ0v) is 10.2. The van der Waals surface area contributed by atoms with Gasteiger partial charge in [-0.05, 0) is 43.5 Å². The third-order valence-electron chi connectivity index (χ3n) is 2.96. The SMILES string of the molecule is Cc1cc(NC2CCS(=O)CC2)ccc1O. The van der Waals surface area contributed by atoms with Crippen LogP contribution < -0.4 is 5.32 Å². The molecule has 0 radical (unpaired) electrons. The lowest BCUT2D eigenvalue weighted by Gasteiger charge is -2.23. The van der Waals surface area contributed by atoms with Gasteiger partial charge in [0.05, 0.1) is 0 Å². The van der Waals surface area contributed by atoms with E-state index in [1.165, 1.54) is 0 Å². The van der Waals surface area contributed by atoms with E-state index >= 15 is 0 Å². The summed E-state index contributed by atoms with van der Waals surface area (Å²) in [5, 5.41) is 12.8. The Labute approximate surface area is 98.3 Å². The second-order valence-electron chi connectivity index (χ2n) is 4.27. The number of anilines is 1. The van der Waals surface area contributed by atoms with Crippen LogP contribution >= 0.6 is 0 Å². The van der Waals surface area contributed by atoms with Crippen molar-refractivity contribution in [2.75, 3.05) is 16.8 Å². The molecule has 1 aliphatic rings. The second-order valence-corrected chi connectivity index (χ2v) is 5.96. The molecule has 0 atom stereocenters. The quantitative estimate of drug-likeness (QED) is 0.776. The zero-order chi connectivity index (χ0) is 11.5. The number of benzene rings is 1. The first-order chi connectivity index (χ1) is 7.65. The summed E-state index contributed by atoms with van der Waals surface area (Å²) in [7, 11) is -0.607. The number of aromatic hydroxyl groups is 1. The molecule has 0 aliphatic carbocycles. The summed E-state index contributed by atoms with van der Waals surface area (Å²) >= 11 is 0. The van der Waals surface area contributed by atoms with E-state index in [1.807, 2.05) is 19.1 Å². The minimum absolute atomic E-state index is 0.329. The molecule has 2 N–H and O–H groups in total. The number of rotatable bonds is 2. The van der Waals surface area contributed by atoms with Crippen LogP contribution in [0.4, 0.5) is 5.69 Å². The number of aryl methyl sites for hydroxylation is 1. The van der Waals surface area contributed by atoms with Gasteiger partial charge in [-0.25, -0.2) is 0 Å². The summed E-state index contributed by atoms with van der Waals surface area (Å²) in [4.78, 5) is 0. The summed E-state index contributed by atoms with van der Waals surface area (Å²) in [6, 6.07) is 5.95. The van der Waals surface area contributed by atoms with E-state index in [0.29, 0.717) is 11.8 Å². The first-order valence-corrected chi connectivity index (χ1v) is 7.05. The van der Waals surface area contributed by atoms with Gasteiger partial charge in [-0.3, -0.25) is 4.21 Å². The van der Waals surface area contributed by atoms with Crippen molar-refractivity contribution in [1.29, 1.82) is 0 Å². The third kappa shape index (κ3) is 2.76. The monoisotopic (exact) mass is 239 g/mol. The van der Waals surface area contributed by atoms with Crippen LogP contribution in [0.3, 0.4) is 0 Å². The van der Waals surface area contributed by atoms with Crippen LogP contribution in [0.5, 0.6) is 5.75 Å². The van der Waals surface area contributed by atoms with Gasteiger partial charge in [0, 0.05) is 34.0 Å². The summed E-state index contributed by atoms with van der Waals surface area (Å²) in [5.74, 6) is 1.93. The van der Waals surface area contributed by atoms with Crippen LogP contribution in [-0.2, 0) is 10.8 Å². The molecule has 1 aromatic rings. The largest absolute Gasteiger partial charge is 0.508 e. The maximum Gasteiger partial charge on any atom is 0.118 e.